The maximum Gasteiger partial charge on any atom is 0.241 e. The standard InChI is InChI=1S/C16H20ClN3O2/c17-13-3-1-2-4-14(13)18-11-15(21)19-7-9-20(10-8-19)16(22)12-5-6-12/h1-4,12,18H,5-11H2. The van der Waals surface area contributed by atoms with E-state index >= 15 is 0 Å². The zero-order valence-electron chi connectivity index (χ0n) is 12.4. The largest absolute Gasteiger partial charge is 0.375 e. The molecule has 1 aromatic carbocycles. The molecular weight excluding hydrogens is 302 g/mol. The summed E-state index contributed by atoms with van der Waals surface area (Å²) in [5, 5.41) is 3.68. The Morgan fingerprint density at radius 2 is 1.73 bits per heavy atom. The van der Waals surface area contributed by atoms with Gasteiger partial charge in [-0.15, -0.1) is 0 Å². The fourth-order valence-corrected chi connectivity index (χ4v) is 2.85. The lowest BCUT2D eigenvalue weighted by molar-refractivity contribution is -0.139. The summed E-state index contributed by atoms with van der Waals surface area (Å²) in [5.41, 5.74) is 0.764. The summed E-state index contributed by atoms with van der Waals surface area (Å²) in [4.78, 5) is 27.9. The number of para-hydroxylation sites is 1. The van der Waals surface area contributed by atoms with Crippen LogP contribution in [0.2, 0.25) is 5.02 Å². The SMILES string of the molecule is O=C(CNc1ccccc1Cl)N1CCN(C(=O)C2CC2)CC1. The first-order valence-corrected chi connectivity index (χ1v) is 8.08. The van der Waals surface area contributed by atoms with Crippen molar-refractivity contribution < 1.29 is 9.59 Å². The highest BCUT2D eigenvalue weighted by molar-refractivity contribution is 6.33. The second-order valence-corrected chi connectivity index (χ2v) is 6.22. The number of hydrogen-bond donors (Lipinski definition) is 1. The van der Waals surface area contributed by atoms with Crippen molar-refractivity contribution in [2.75, 3.05) is 38.0 Å². The smallest absolute Gasteiger partial charge is 0.241 e. The van der Waals surface area contributed by atoms with Gasteiger partial charge in [0.25, 0.3) is 0 Å². The summed E-state index contributed by atoms with van der Waals surface area (Å²) < 4.78 is 0. The zero-order valence-corrected chi connectivity index (χ0v) is 13.2. The number of rotatable bonds is 4. The average Bonchev–Trinajstić information content (AvgIpc) is 3.38. The Kier molecular flexibility index (Phi) is 4.52. The number of nitrogens with one attached hydrogen (secondary N) is 1. The number of amides is 2. The second kappa shape index (κ2) is 6.57. The van der Waals surface area contributed by atoms with Crippen LogP contribution >= 0.6 is 11.6 Å². The molecule has 1 aliphatic carbocycles. The Labute approximate surface area is 135 Å². The van der Waals surface area contributed by atoms with Crippen molar-refractivity contribution in [3.8, 4) is 0 Å². The highest BCUT2D eigenvalue weighted by atomic mass is 35.5. The van der Waals surface area contributed by atoms with Gasteiger partial charge in [0.2, 0.25) is 11.8 Å². The molecule has 118 valence electrons. The molecule has 0 spiro atoms. The van der Waals surface area contributed by atoms with Crippen LogP contribution in [0.5, 0.6) is 0 Å². The minimum Gasteiger partial charge on any atom is -0.375 e. The maximum atomic E-state index is 12.2. The van der Waals surface area contributed by atoms with E-state index in [1.165, 1.54) is 0 Å². The molecule has 1 N–H and O–H groups in total. The lowest BCUT2D eigenvalue weighted by Gasteiger charge is -2.35. The third kappa shape index (κ3) is 3.53. The van der Waals surface area contributed by atoms with Crippen molar-refractivity contribution in [2.45, 2.75) is 12.8 Å². The van der Waals surface area contributed by atoms with E-state index in [2.05, 4.69) is 5.32 Å². The molecule has 1 aliphatic heterocycles. The van der Waals surface area contributed by atoms with Gasteiger partial charge < -0.3 is 15.1 Å². The molecule has 0 bridgehead atoms. The molecule has 1 saturated heterocycles. The maximum absolute atomic E-state index is 12.2. The van der Waals surface area contributed by atoms with Gasteiger partial charge in [-0.05, 0) is 25.0 Å². The number of carbonyl (C=O) groups is 2. The van der Waals surface area contributed by atoms with Gasteiger partial charge in [-0.2, -0.15) is 0 Å². The van der Waals surface area contributed by atoms with Crippen LogP contribution in [0.3, 0.4) is 0 Å². The number of piperazine rings is 1. The Balaban J connectivity index is 1.45. The Bertz CT molecular complexity index is 566. The van der Waals surface area contributed by atoms with Crippen molar-refractivity contribution in [3.05, 3.63) is 29.3 Å². The van der Waals surface area contributed by atoms with E-state index in [4.69, 9.17) is 11.6 Å². The van der Waals surface area contributed by atoms with Gasteiger partial charge in [-0.25, -0.2) is 0 Å². The summed E-state index contributed by atoms with van der Waals surface area (Å²) >= 11 is 6.05. The van der Waals surface area contributed by atoms with Crippen molar-refractivity contribution in [3.63, 3.8) is 0 Å². The van der Waals surface area contributed by atoms with Crippen LogP contribution < -0.4 is 5.32 Å². The molecule has 0 radical (unpaired) electrons. The van der Waals surface area contributed by atoms with Gasteiger partial charge in [0, 0.05) is 32.1 Å². The van der Waals surface area contributed by atoms with E-state index < -0.39 is 0 Å². The van der Waals surface area contributed by atoms with Gasteiger partial charge >= 0.3 is 0 Å². The molecule has 2 amide bonds. The number of anilines is 1. The van der Waals surface area contributed by atoms with Crippen molar-refractivity contribution >= 4 is 29.1 Å². The first-order chi connectivity index (χ1) is 10.6. The predicted octanol–water partition coefficient (Wildman–Crippen LogP) is 1.83. The Morgan fingerprint density at radius 1 is 1.09 bits per heavy atom. The second-order valence-electron chi connectivity index (χ2n) is 5.81. The van der Waals surface area contributed by atoms with Crippen molar-refractivity contribution in [1.29, 1.82) is 0 Å². The van der Waals surface area contributed by atoms with Crippen LogP contribution in [0.4, 0.5) is 5.69 Å². The molecule has 0 aromatic heterocycles. The highest BCUT2D eigenvalue weighted by Crippen LogP contribution is 2.31. The molecule has 5 nitrogen and oxygen atoms in total. The molecule has 1 aromatic rings. The van der Waals surface area contributed by atoms with Gasteiger partial charge in [-0.3, -0.25) is 9.59 Å². The third-order valence-electron chi connectivity index (χ3n) is 4.17. The highest BCUT2D eigenvalue weighted by Gasteiger charge is 2.35. The summed E-state index contributed by atoms with van der Waals surface area (Å²) in [6.45, 7) is 2.74. The van der Waals surface area contributed by atoms with E-state index in [0.717, 1.165) is 18.5 Å². The minimum absolute atomic E-state index is 0.0402. The van der Waals surface area contributed by atoms with E-state index in [0.29, 0.717) is 31.2 Å². The summed E-state index contributed by atoms with van der Waals surface area (Å²) in [5.74, 6) is 0.559. The number of benzene rings is 1. The van der Waals surface area contributed by atoms with E-state index in [-0.39, 0.29) is 24.3 Å². The van der Waals surface area contributed by atoms with Crippen LogP contribution in [-0.2, 0) is 9.59 Å². The van der Waals surface area contributed by atoms with Gasteiger partial charge in [0.15, 0.2) is 0 Å². The lowest BCUT2D eigenvalue weighted by Crippen LogP contribution is -2.52. The molecule has 0 unspecified atom stereocenters. The molecule has 6 heteroatoms. The lowest BCUT2D eigenvalue weighted by atomic mass is 10.2. The molecule has 0 atom stereocenters. The molecule has 22 heavy (non-hydrogen) atoms. The van der Waals surface area contributed by atoms with Gasteiger partial charge in [0.05, 0.1) is 17.3 Å². The minimum atomic E-state index is 0.0402. The number of halogens is 1. The van der Waals surface area contributed by atoms with Crippen LogP contribution in [0.15, 0.2) is 24.3 Å². The Morgan fingerprint density at radius 3 is 2.36 bits per heavy atom. The first kappa shape index (κ1) is 15.2. The molecule has 1 saturated carbocycles. The number of hydrogen-bond acceptors (Lipinski definition) is 3. The quantitative estimate of drug-likeness (QED) is 0.920. The van der Waals surface area contributed by atoms with Crippen LogP contribution in [0.25, 0.3) is 0 Å². The summed E-state index contributed by atoms with van der Waals surface area (Å²) in [6.07, 6.45) is 2.06. The van der Waals surface area contributed by atoms with Gasteiger partial charge in [-0.1, -0.05) is 23.7 Å². The fraction of sp³-hybridized carbons (Fsp3) is 0.500. The monoisotopic (exact) mass is 321 g/mol. The van der Waals surface area contributed by atoms with Crippen molar-refractivity contribution in [2.24, 2.45) is 5.92 Å². The predicted molar refractivity (Wildman–Crippen MR) is 85.8 cm³/mol. The van der Waals surface area contributed by atoms with E-state index in [1.807, 2.05) is 23.1 Å². The molecule has 1 heterocycles. The van der Waals surface area contributed by atoms with Crippen molar-refractivity contribution in [1.82, 2.24) is 9.80 Å². The first-order valence-electron chi connectivity index (χ1n) is 7.70. The topological polar surface area (TPSA) is 52.7 Å². The third-order valence-corrected chi connectivity index (χ3v) is 4.50. The normalized spacial score (nSPS) is 18.2. The van der Waals surface area contributed by atoms with Crippen LogP contribution in [-0.4, -0.2) is 54.3 Å². The summed E-state index contributed by atoms with van der Waals surface area (Å²) in [6, 6.07) is 7.37. The number of nitrogens with zero attached hydrogens (tertiary/aromatic N) is 2. The number of carbonyl (C=O) groups excluding carboxylic acids is 2. The Hall–Kier alpha value is -1.75. The summed E-state index contributed by atoms with van der Waals surface area (Å²) in [7, 11) is 0. The van der Waals surface area contributed by atoms with E-state index in [1.54, 1.807) is 11.0 Å². The molecule has 2 fully saturated rings. The molecular formula is C16H20ClN3O2. The fourth-order valence-electron chi connectivity index (χ4n) is 2.65. The van der Waals surface area contributed by atoms with Gasteiger partial charge in [0.1, 0.15) is 0 Å². The average molecular weight is 322 g/mol. The van der Waals surface area contributed by atoms with E-state index in [9.17, 15) is 9.59 Å². The zero-order chi connectivity index (χ0) is 15.5. The molecule has 3 rings (SSSR count). The van der Waals surface area contributed by atoms with Crippen LogP contribution in [0, 0.1) is 5.92 Å². The molecule has 2 aliphatic rings. The van der Waals surface area contributed by atoms with Crippen LogP contribution in [0.1, 0.15) is 12.8 Å².